The number of hydrogen-bond acceptors (Lipinski definition) is 3. The highest BCUT2D eigenvalue weighted by Crippen LogP contribution is 2.23. The number of esters is 1. The molecule has 0 amide bonds. The molecule has 0 aliphatic rings. The fraction of sp³-hybridized carbons (Fsp3) is 0.938. The second-order valence-corrected chi connectivity index (χ2v) is 7.49. The Balaban J connectivity index is 4.17. The molecule has 0 rings (SSSR count). The van der Waals surface area contributed by atoms with Crippen LogP contribution in [-0.4, -0.2) is 28.7 Å². The van der Waals surface area contributed by atoms with Gasteiger partial charge in [-0.2, -0.15) is 0 Å². The summed E-state index contributed by atoms with van der Waals surface area (Å²) in [5.41, 5.74) is -0.436. The summed E-state index contributed by atoms with van der Waals surface area (Å²) in [4.78, 5) is 12.1. The van der Waals surface area contributed by atoms with Gasteiger partial charge in [-0.15, -0.1) is 11.8 Å². The maximum absolute atomic E-state index is 13.1. The van der Waals surface area contributed by atoms with E-state index < -0.39 is 11.8 Å². The molecule has 20 heavy (non-hydrogen) atoms. The zero-order valence-corrected chi connectivity index (χ0v) is 14.5. The molecular weight excluding hydrogens is 275 g/mol. The Kier molecular flexibility index (Phi) is 10.3. The lowest BCUT2D eigenvalue weighted by Crippen LogP contribution is -2.30. The molecule has 0 spiro atoms. The van der Waals surface area contributed by atoms with Crippen LogP contribution in [0.4, 0.5) is 4.39 Å². The molecule has 120 valence electrons. The third-order valence-electron chi connectivity index (χ3n) is 2.91. The van der Waals surface area contributed by atoms with Crippen LogP contribution in [0.5, 0.6) is 0 Å². The van der Waals surface area contributed by atoms with Crippen molar-refractivity contribution in [3.05, 3.63) is 0 Å². The number of rotatable bonds is 10. The van der Waals surface area contributed by atoms with Gasteiger partial charge in [0, 0.05) is 0 Å². The minimum atomic E-state index is -0.703. The van der Waals surface area contributed by atoms with Crippen LogP contribution in [0, 0.1) is 0 Å². The summed E-state index contributed by atoms with van der Waals surface area (Å²) >= 11 is 1.62. The van der Waals surface area contributed by atoms with E-state index in [0.717, 1.165) is 31.4 Å². The van der Waals surface area contributed by atoms with Gasteiger partial charge < -0.3 is 4.74 Å². The lowest BCUT2D eigenvalue weighted by atomic mass is 10.1. The van der Waals surface area contributed by atoms with Gasteiger partial charge in [-0.05, 0) is 52.2 Å². The van der Waals surface area contributed by atoms with Crippen LogP contribution in [0.15, 0.2) is 0 Å². The molecule has 0 saturated carbocycles. The first-order chi connectivity index (χ1) is 9.30. The molecule has 0 N–H and O–H groups in total. The van der Waals surface area contributed by atoms with Crippen LogP contribution >= 0.6 is 11.8 Å². The lowest BCUT2D eigenvalue weighted by molar-refractivity contribution is -0.154. The molecule has 0 radical (unpaired) electrons. The van der Waals surface area contributed by atoms with E-state index in [-0.39, 0.29) is 11.2 Å². The molecule has 4 heteroatoms. The van der Waals surface area contributed by atoms with E-state index in [4.69, 9.17) is 4.74 Å². The van der Waals surface area contributed by atoms with Crippen molar-refractivity contribution in [2.24, 2.45) is 0 Å². The SMILES string of the molecule is CCCCC(SCCCC(F)CC)C(=O)OC(C)(C)C. The second kappa shape index (κ2) is 10.5. The monoisotopic (exact) mass is 306 g/mol. The van der Waals surface area contributed by atoms with Gasteiger partial charge in [-0.25, -0.2) is 4.39 Å². The van der Waals surface area contributed by atoms with Gasteiger partial charge in [0.25, 0.3) is 0 Å². The molecule has 0 aromatic rings. The number of halogens is 1. The van der Waals surface area contributed by atoms with Crippen LogP contribution in [0.3, 0.4) is 0 Å². The average Bonchev–Trinajstić information content (AvgIpc) is 2.35. The van der Waals surface area contributed by atoms with Crippen molar-refractivity contribution in [3.8, 4) is 0 Å². The Morgan fingerprint density at radius 1 is 1.20 bits per heavy atom. The lowest BCUT2D eigenvalue weighted by Gasteiger charge is -2.23. The Morgan fingerprint density at radius 2 is 1.85 bits per heavy atom. The third-order valence-corrected chi connectivity index (χ3v) is 4.27. The van der Waals surface area contributed by atoms with Gasteiger partial charge >= 0.3 is 5.97 Å². The summed E-state index contributed by atoms with van der Waals surface area (Å²) in [5.74, 6) is 0.705. The number of thioether (sulfide) groups is 1. The second-order valence-electron chi connectivity index (χ2n) is 6.18. The number of carbonyl (C=O) groups is 1. The summed E-state index contributed by atoms with van der Waals surface area (Å²) in [6, 6.07) is 0. The molecule has 0 aromatic carbocycles. The summed E-state index contributed by atoms with van der Waals surface area (Å²) in [7, 11) is 0. The number of alkyl halides is 1. The van der Waals surface area contributed by atoms with E-state index >= 15 is 0 Å². The van der Waals surface area contributed by atoms with E-state index in [2.05, 4.69) is 6.92 Å². The minimum Gasteiger partial charge on any atom is -0.459 e. The van der Waals surface area contributed by atoms with Gasteiger partial charge in [0.2, 0.25) is 0 Å². The van der Waals surface area contributed by atoms with Gasteiger partial charge in [0.05, 0.1) is 6.17 Å². The molecule has 0 fully saturated rings. The van der Waals surface area contributed by atoms with Gasteiger partial charge in [0.15, 0.2) is 0 Å². The third kappa shape index (κ3) is 10.5. The summed E-state index contributed by atoms with van der Waals surface area (Å²) in [6.45, 7) is 9.65. The topological polar surface area (TPSA) is 26.3 Å². The smallest absolute Gasteiger partial charge is 0.319 e. The molecular formula is C16H31FO2S. The van der Waals surface area contributed by atoms with E-state index in [0.29, 0.717) is 12.8 Å². The predicted molar refractivity (Wildman–Crippen MR) is 86.0 cm³/mol. The van der Waals surface area contributed by atoms with Crippen molar-refractivity contribution < 1.29 is 13.9 Å². The van der Waals surface area contributed by atoms with Crippen LogP contribution in [0.25, 0.3) is 0 Å². The molecule has 0 saturated heterocycles. The quantitative estimate of drug-likeness (QED) is 0.412. The number of unbranched alkanes of at least 4 members (excludes halogenated alkanes) is 1. The van der Waals surface area contributed by atoms with E-state index in [1.54, 1.807) is 11.8 Å². The highest BCUT2D eigenvalue weighted by atomic mass is 32.2. The Morgan fingerprint density at radius 3 is 2.35 bits per heavy atom. The van der Waals surface area contributed by atoms with Crippen LogP contribution in [-0.2, 0) is 9.53 Å². The molecule has 0 heterocycles. The maximum Gasteiger partial charge on any atom is 0.319 e. The predicted octanol–water partition coefficient (Wildman–Crippen LogP) is 5.15. The standard InChI is InChI=1S/C16H31FO2S/c1-6-8-11-14(15(18)19-16(3,4)5)20-12-9-10-13(17)7-2/h13-14H,6-12H2,1-5H3. The first-order valence-corrected chi connectivity index (χ1v) is 8.83. The van der Waals surface area contributed by atoms with Crippen molar-refractivity contribution in [2.45, 2.75) is 90.2 Å². The van der Waals surface area contributed by atoms with Crippen molar-refractivity contribution in [1.82, 2.24) is 0 Å². The minimum absolute atomic E-state index is 0.103. The summed E-state index contributed by atoms with van der Waals surface area (Å²) in [6.07, 6.45) is 4.24. The fourth-order valence-electron chi connectivity index (χ4n) is 1.76. The molecule has 0 aliphatic heterocycles. The van der Waals surface area contributed by atoms with Crippen LogP contribution in [0.2, 0.25) is 0 Å². The summed E-state index contributed by atoms with van der Waals surface area (Å²) in [5, 5.41) is -0.103. The molecule has 2 unspecified atom stereocenters. The van der Waals surface area contributed by atoms with Crippen molar-refractivity contribution in [1.29, 1.82) is 0 Å². The normalized spacial score (nSPS) is 14.9. The Bertz CT molecular complexity index is 264. The summed E-state index contributed by atoms with van der Waals surface area (Å²) < 4.78 is 18.6. The van der Waals surface area contributed by atoms with Crippen molar-refractivity contribution >= 4 is 17.7 Å². The highest BCUT2D eigenvalue weighted by molar-refractivity contribution is 8.00. The largest absolute Gasteiger partial charge is 0.459 e. The zero-order chi connectivity index (χ0) is 15.6. The van der Waals surface area contributed by atoms with Gasteiger partial charge in [-0.1, -0.05) is 26.7 Å². The number of hydrogen-bond donors (Lipinski definition) is 0. The van der Waals surface area contributed by atoms with Gasteiger partial charge in [-0.3, -0.25) is 4.79 Å². The molecule has 2 nitrogen and oxygen atoms in total. The fourth-order valence-corrected chi connectivity index (χ4v) is 2.90. The molecule has 0 aliphatic carbocycles. The average molecular weight is 306 g/mol. The zero-order valence-electron chi connectivity index (χ0n) is 13.7. The molecule has 0 bridgehead atoms. The van der Waals surface area contributed by atoms with Gasteiger partial charge in [0.1, 0.15) is 10.9 Å². The Labute approximate surface area is 128 Å². The first-order valence-electron chi connectivity index (χ1n) is 7.78. The van der Waals surface area contributed by atoms with E-state index in [1.165, 1.54) is 0 Å². The first kappa shape index (κ1) is 19.8. The number of ether oxygens (including phenoxy) is 1. The Hall–Kier alpha value is -0.250. The van der Waals surface area contributed by atoms with Crippen molar-refractivity contribution in [2.75, 3.05) is 5.75 Å². The maximum atomic E-state index is 13.1. The van der Waals surface area contributed by atoms with E-state index in [9.17, 15) is 9.18 Å². The van der Waals surface area contributed by atoms with Crippen LogP contribution in [0.1, 0.15) is 73.1 Å². The highest BCUT2D eigenvalue weighted by Gasteiger charge is 2.25. The molecule has 0 aromatic heterocycles. The van der Waals surface area contributed by atoms with Crippen LogP contribution < -0.4 is 0 Å². The van der Waals surface area contributed by atoms with E-state index in [1.807, 2.05) is 27.7 Å². The molecule has 2 atom stereocenters. The number of carbonyl (C=O) groups excluding carboxylic acids is 1. The van der Waals surface area contributed by atoms with Crippen molar-refractivity contribution in [3.63, 3.8) is 0 Å².